The molecule has 3 aromatic rings. The highest BCUT2D eigenvalue weighted by Crippen LogP contribution is 2.32. The molecule has 2 heterocycles. The monoisotopic (exact) mass is 467 g/mol. The van der Waals surface area contributed by atoms with Crippen LogP contribution >= 0.6 is 11.3 Å². The van der Waals surface area contributed by atoms with Crippen molar-refractivity contribution >= 4 is 39.0 Å². The first-order chi connectivity index (χ1) is 15.9. The van der Waals surface area contributed by atoms with Crippen molar-refractivity contribution < 1.29 is 14.3 Å². The van der Waals surface area contributed by atoms with Gasteiger partial charge in [-0.3, -0.25) is 9.59 Å². The van der Waals surface area contributed by atoms with Gasteiger partial charge in [0.05, 0.1) is 17.7 Å². The first-order valence-electron chi connectivity index (χ1n) is 11.5. The van der Waals surface area contributed by atoms with Crippen LogP contribution in [0, 0.1) is 19.8 Å². The molecule has 174 valence electrons. The first-order valence-corrected chi connectivity index (χ1v) is 12.4. The summed E-state index contributed by atoms with van der Waals surface area (Å²) >= 11 is 1.23. The lowest BCUT2D eigenvalue weighted by Crippen LogP contribution is -2.25. The molecule has 0 bridgehead atoms. The van der Waals surface area contributed by atoms with Crippen molar-refractivity contribution in [3.8, 4) is 5.69 Å². The highest BCUT2D eigenvalue weighted by Gasteiger charge is 2.24. The minimum atomic E-state index is -0.600. The zero-order valence-electron chi connectivity index (χ0n) is 19.3. The molecule has 0 spiro atoms. The predicted molar refractivity (Wildman–Crippen MR) is 130 cm³/mol. The molecule has 0 saturated heterocycles. The largest absolute Gasteiger partial charge is 0.461 e. The van der Waals surface area contributed by atoms with Crippen LogP contribution in [0.25, 0.3) is 16.5 Å². The fourth-order valence-corrected chi connectivity index (χ4v) is 5.30. The van der Waals surface area contributed by atoms with E-state index in [2.05, 4.69) is 10.4 Å². The Labute approximate surface area is 196 Å². The molecule has 0 atom stereocenters. The fraction of sp³-hybridized carbons (Fsp3) is 0.440. The summed E-state index contributed by atoms with van der Waals surface area (Å²) in [7, 11) is 0. The number of esters is 1. The average molecular weight is 468 g/mol. The molecule has 0 aliphatic heterocycles. The normalized spacial score (nSPS) is 14.0. The van der Waals surface area contributed by atoms with E-state index in [0.29, 0.717) is 28.4 Å². The second-order valence-corrected chi connectivity index (χ2v) is 9.53. The Morgan fingerprint density at radius 2 is 1.97 bits per heavy atom. The van der Waals surface area contributed by atoms with Crippen molar-refractivity contribution in [1.82, 2.24) is 9.78 Å². The molecular weight excluding hydrogens is 438 g/mol. The summed E-state index contributed by atoms with van der Waals surface area (Å²) < 4.78 is 6.42. The number of ether oxygens (including phenoxy) is 1. The Bertz CT molecular complexity index is 1250. The molecule has 2 aromatic heterocycles. The van der Waals surface area contributed by atoms with Gasteiger partial charge >= 0.3 is 5.97 Å². The summed E-state index contributed by atoms with van der Waals surface area (Å²) in [5, 5.41) is 10.1. The van der Waals surface area contributed by atoms with Gasteiger partial charge in [-0.25, -0.2) is 4.79 Å². The van der Waals surface area contributed by atoms with Crippen molar-refractivity contribution in [2.75, 3.05) is 11.9 Å². The SMILES string of the molecule is CCOC(=O)c1nn(-c2ccc(C)c(C)c2)c(=O)c2c(NC(=O)CCC3CCCC3)scc12. The minimum Gasteiger partial charge on any atom is -0.461 e. The average Bonchev–Trinajstić information content (AvgIpc) is 3.45. The third-order valence-electron chi connectivity index (χ3n) is 6.36. The Balaban J connectivity index is 1.74. The van der Waals surface area contributed by atoms with Gasteiger partial charge < -0.3 is 10.1 Å². The first kappa shape index (κ1) is 23.2. The van der Waals surface area contributed by atoms with Gasteiger partial charge in [0.2, 0.25) is 5.91 Å². The number of anilines is 1. The number of aryl methyl sites for hydroxylation is 2. The Morgan fingerprint density at radius 1 is 1.21 bits per heavy atom. The van der Waals surface area contributed by atoms with Crippen LogP contribution in [0.2, 0.25) is 0 Å². The maximum absolute atomic E-state index is 13.5. The van der Waals surface area contributed by atoms with Crippen LogP contribution in [0.1, 0.15) is 67.1 Å². The predicted octanol–water partition coefficient (Wildman–Crippen LogP) is 5.15. The minimum absolute atomic E-state index is 0.0624. The standard InChI is InChI=1S/C25H29N3O4S/c1-4-32-25(31)22-19-14-33-23(26-20(29)12-10-17-7-5-6-8-17)21(19)24(30)28(27-22)18-11-9-15(2)16(3)13-18/h9,11,13-14,17H,4-8,10,12H2,1-3H3,(H,26,29). The topological polar surface area (TPSA) is 90.3 Å². The molecule has 8 heteroatoms. The highest BCUT2D eigenvalue weighted by molar-refractivity contribution is 7.16. The maximum Gasteiger partial charge on any atom is 0.359 e. The highest BCUT2D eigenvalue weighted by atomic mass is 32.1. The quantitative estimate of drug-likeness (QED) is 0.485. The second kappa shape index (κ2) is 9.87. The van der Waals surface area contributed by atoms with Crippen LogP contribution in [-0.2, 0) is 9.53 Å². The number of nitrogens with one attached hydrogen (secondary N) is 1. The van der Waals surface area contributed by atoms with Crippen LogP contribution in [-0.4, -0.2) is 28.3 Å². The molecule has 7 nitrogen and oxygen atoms in total. The van der Waals surface area contributed by atoms with Crippen molar-refractivity contribution in [2.45, 2.75) is 59.3 Å². The molecule has 1 N–H and O–H groups in total. The number of aromatic nitrogens is 2. The zero-order valence-corrected chi connectivity index (χ0v) is 20.1. The van der Waals surface area contributed by atoms with Gasteiger partial charge in [0.25, 0.3) is 5.56 Å². The van der Waals surface area contributed by atoms with E-state index in [0.717, 1.165) is 17.5 Å². The van der Waals surface area contributed by atoms with E-state index in [1.54, 1.807) is 18.4 Å². The number of nitrogens with zero attached hydrogens (tertiary/aromatic N) is 2. The molecular formula is C25H29N3O4S. The van der Waals surface area contributed by atoms with Gasteiger partial charge in [-0.05, 0) is 56.4 Å². The third-order valence-corrected chi connectivity index (χ3v) is 7.26. The molecule has 1 fully saturated rings. The van der Waals surface area contributed by atoms with Crippen molar-refractivity contribution in [2.24, 2.45) is 5.92 Å². The second-order valence-electron chi connectivity index (χ2n) is 8.65. The third kappa shape index (κ3) is 4.85. The molecule has 1 aliphatic carbocycles. The van der Waals surface area contributed by atoms with E-state index in [4.69, 9.17) is 4.74 Å². The summed E-state index contributed by atoms with van der Waals surface area (Å²) in [5.41, 5.74) is 2.33. The summed E-state index contributed by atoms with van der Waals surface area (Å²) in [6.45, 7) is 5.85. The smallest absolute Gasteiger partial charge is 0.359 e. The van der Waals surface area contributed by atoms with Crippen LogP contribution in [0.3, 0.4) is 0 Å². The van der Waals surface area contributed by atoms with Crippen LogP contribution < -0.4 is 10.9 Å². The molecule has 1 aromatic carbocycles. The van der Waals surface area contributed by atoms with E-state index in [-0.39, 0.29) is 29.2 Å². The Hall–Kier alpha value is -3.00. The molecule has 4 rings (SSSR count). The van der Waals surface area contributed by atoms with Gasteiger partial charge in [0, 0.05) is 17.2 Å². The number of amides is 1. The van der Waals surface area contributed by atoms with Gasteiger partial charge in [0.1, 0.15) is 5.00 Å². The number of fused-ring (bicyclic) bond motifs is 1. The fourth-order valence-electron chi connectivity index (χ4n) is 4.35. The molecule has 0 unspecified atom stereocenters. The van der Waals surface area contributed by atoms with E-state index in [9.17, 15) is 14.4 Å². The zero-order chi connectivity index (χ0) is 23.5. The van der Waals surface area contributed by atoms with Gasteiger partial charge in [-0.15, -0.1) is 11.3 Å². The van der Waals surface area contributed by atoms with Crippen LogP contribution in [0.4, 0.5) is 5.00 Å². The summed E-state index contributed by atoms with van der Waals surface area (Å²) in [6.07, 6.45) is 6.13. The number of rotatable bonds is 7. The summed E-state index contributed by atoms with van der Waals surface area (Å²) in [4.78, 5) is 38.8. The van der Waals surface area contributed by atoms with Gasteiger partial charge in [-0.2, -0.15) is 9.78 Å². The Kier molecular flexibility index (Phi) is 6.93. The lowest BCUT2D eigenvalue weighted by atomic mass is 10.0. The Morgan fingerprint density at radius 3 is 2.67 bits per heavy atom. The van der Waals surface area contributed by atoms with Crippen molar-refractivity contribution in [3.63, 3.8) is 0 Å². The van der Waals surface area contributed by atoms with Crippen LogP contribution in [0.15, 0.2) is 28.4 Å². The number of benzene rings is 1. The number of carbonyl (C=O) groups is 2. The number of hydrogen-bond donors (Lipinski definition) is 1. The molecule has 1 aliphatic rings. The van der Waals surface area contributed by atoms with E-state index in [1.807, 2.05) is 26.0 Å². The van der Waals surface area contributed by atoms with E-state index in [1.165, 1.54) is 41.7 Å². The van der Waals surface area contributed by atoms with E-state index < -0.39 is 5.97 Å². The lowest BCUT2D eigenvalue weighted by Gasteiger charge is -2.11. The van der Waals surface area contributed by atoms with Gasteiger partial charge in [0.15, 0.2) is 5.69 Å². The van der Waals surface area contributed by atoms with Crippen molar-refractivity contribution in [3.05, 3.63) is 50.8 Å². The maximum atomic E-state index is 13.5. The summed E-state index contributed by atoms with van der Waals surface area (Å²) in [6, 6.07) is 5.56. The van der Waals surface area contributed by atoms with Gasteiger partial charge in [-0.1, -0.05) is 31.7 Å². The van der Waals surface area contributed by atoms with Crippen molar-refractivity contribution in [1.29, 1.82) is 0 Å². The molecule has 1 saturated carbocycles. The molecule has 1 amide bonds. The molecule has 33 heavy (non-hydrogen) atoms. The number of thiophene rings is 1. The van der Waals surface area contributed by atoms with Crippen LogP contribution in [0.5, 0.6) is 0 Å². The summed E-state index contributed by atoms with van der Waals surface area (Å²) in [5.74, 6) is -0.105. The molecule has 0 radical (unpaired) electrons. The number of hydrogen-bond acceptors (Lipinski definition) is 6. The van der Waals surface area contributed by atoms with E-state index >= 15 is 0 Å². The lowest BCUT2D eigenvalue weighted by molar-refractivity contribution is -0.116. The number of carbonyl (C=O) groups excluding carboxylic acids is 2.